The first-order valence-electron chi connectivity index (χ1n) is 19.3. The number of rotatable bonds is 7. The molecule has 7 heterocycles. The fourth-order valence-corrected chi connectivity index (χ4v) is 8.47. The molecule has 9 rings (SSSR count). The first-order valence-corrected chi connectivity index (χ1v) is 19.3. The van der Waals surface area contributed by atoms with Crippen LogP contribution in [0.3, 0.4) is 0 Å². The van der Waals surface area contributed by atoms with E-state index in [-0.39, 0.29) is 23.5 Å². The molecule has 6 aromatic rings. The summed E-state index contributed by atoms with van der Waals surface area (Å²) in [6.45, 7) is 5.08. The van der Waals surface area contributed by atoms with Crippen LogP contribution in [-0.4, -0.2) is 90.1 Å². The van der Waals surface area contributed by atoms with Crippen LogP contribution in [0, 0.1) is 17.7 Å². The Bertz CT molecular complexity index is 2560. The first-order chi connectivity index (χ1) is 27.3. The van der Waals surface area contributed by atoms with Crippen LogP contribution < -0.4 is 20.8 Å². The van der Waals surface area contributed by atoms with Gasteiger partial charge in [-0.05, 0) is 79.8 Å². The molecular formula is C42H43FN10O3. The number of benzene rings is 2. The van der Waals surface area contributed by atoms with E-state index in [1.54, 1.807) is 23.7 Å². The molecule has 286 valence electrons. The van der Waals surface area contributed by atoms with Crippen LogP contribution in [0.5, 0.6) is 0 Å². The van der Waals surface area contributed by atoms with Crippen molar-refractivity contribution in [2.24, 2.45) is 7.05 Å². The molecule has 3 aliphatic heterocycles. The number of fused-ring (bicyclic) bond motifs is 2. The molecule has 0 bridgehead atoms. The molecule has 14 heteroatoms. The standard InChI is InChI=1S/C42H43FN10O3/c1-48-40-28(9-5-13-33(40)52(42(48)56)34-16-19-39(54)46-41(34)55)8-2-3-20-49-22-24-50(25-23-49)37-15-6-12-31(45-37)35-27-44-36-17-18-38(47-53(35)36)51-21-7-14-32(51)29-10-4-11-30(43)26-29/h4-6,9-13,15,17-18,26-27,32,34,39,54H,3,7,14,16,19-25H2,1H3,(H,46,55)/t32-,34?,39?/m1/s1. The van der Waals surface area contributed by atoms with Crippen LogP contribution in [0.1, 0.15) is 55.3 Å². The Balaban J connectivity index is 0.849. The van der Waals surface area contributed by atoms with Gasteiger partial charge in [-0.15, -0.1) is 5.10 Å². The van der Waals surface area contributed by atoms with Gasteiger partial charge in [0, 0.05) is 52.7 Å². The molecule has 0 spiro atoms. The van der Waals surface area contributed by atoms with Crippen molar-refractivity contribution in [3.05, 3.63) is 106 Å². The van der Waals surface area contributed by atoms with Crippen molar-refractivity contribution in [3.8, 4) is 23.2 Å². The smallest absolute Gasteiger partial charge is 0.329 e. The van der Waals surface area contributed by atoms with E-state index in [2.05, 4.69) is 36.8 Å². The molecule has 56 heavy (non-hydrogen) atoms. The number of hydrogen-bond donors (Lipinski definition) is 2. The van der Waals surface area contributed by atoms with Gasteiger partial charge in [0.15, 0.2) is 5.65 Å². The number of aryl methyl sites for hydroxylation is 1. The average molecular weight is 755 g/mol. The Labute approximate surface area is 323 Å². The maximum absolute atomic E-state index is 14.1. The monoisotopic (exact) mass is 754 g/mol. The number of aliphatic hydroxyl groups is 1. The number of nitrogens with one attached hydrogen (secondary N) is 1. The van der Waals surface area contributed by atoms with Gasteiger partial charge in [0.2, 0.25) is 5.91 Å². The second kappa shape index (κ2) is 14.9. The zero-order valence-electron chi connectivity index (χ0n) is 31.2. The largest absolute Gasteiger partial charge is 0.374 e. The van der Waals surface area contributed by atoms with Crippen LogP contribution in [0.15, 0.2) is 83.8 Å². The van der Waals surface area contributed by atoms with Crippen LogP contribution in [-0.2, 0) is 11.8 Å². The van der Waals surface area contributed by atoms with Gasteiger partial charge >= 0.3 is 5.69 Å². The van der Waals surface area contributed by atoms with Crippen molar-refractivity contribution in [2.75, 3.05) is 49.1 Å². The summed E-state index contributed by atoms with van der Waals surface area (Å²) in [6.07, 6.45) is 4.33. The van der Waals surface area contributed by atoms with Gasteiger partial charge in [-0.3, -0.25) is 18.8 Å². The lowest BCUT2D eigenvalue weighted by molar-refractivity contribution is -0.130. The number of carbonyl (C=O) groups excluding carboxylic acids is 1. The summed E-state index contributed by atoms with van der Waals surface area (Å²) in [7, 11) is 1.71. The van der Waals surface area contributed by atoms with Crippen molar-refractivity contribution in [2.45, 2.75) is 50.4 Å². The summed E-state index contributed by atoms with van der Waals surface area (Å²) in [4.78, 5) is 42.6. The lowest BCUT2D eigenvalue weighted by Gasteiger charge is -2.35. The fourth-order valence-electron chi connectivity index (χ4n) is 8.47. The zero-order valence-corrected chi connectivity index (χ0v) is 31.2. The molecule has 2 aromatic carbocycles. The minimum Gasteiger partial charge on any atom is -0.374 e. The maximum Gasteiger partial charge on any atom is 0.329 e. The van der Waals surface area contributed by atoms with Gasteiger partial charge < -0.3 is 20.2 Å². The molecule has 0 aliphatic carbocycles. The molecule has 3 fully saturated rings. The highest BCUT2D eigenvalue weighted by Crippen LogP contribution is 2.36. The minimum absolute atomic E-state index is 0.0652. The number of pyridine rings is 1. The van der Waals surface area contributed by atoms with Crippen LogP contribution in [0.4, 0.5) is 16.0 Å². The van der Waals surface area contributed by atoms with Gasteiger partial charge in [0.05, 0.1) is 34.5 Å². The topological polar surface area (TPSA) is 129 Å². The molecule has 0 saturated carbocycles. The van der Waals surface area contributed by atoms with Gasteiger partial charge in [0.1, 0.15) is 35.4 Å². The fraction of sp³-hybridized carbons (Fsp3) is 0.357. The third kappa shape index (κ3) is 6.67. The number of imidazole rings is 2. The summed E-state index contributed by atoms with van der Waals surface area (Å²) in [6, 6.07) is 21.9. The van der Waals surface area contributed by atoms with E-state index >= 15 is 0 Å². The molecule has 2 unspecified atom stereocenters. The lowest BCUT2D eigenvalue weighted by Crippen LogP contribution is -2.46. The van der Waals surface area contributed by atoms with Crippen molar-refractivity contribution in [1.82, 2.24) is 38.9 Å². The van der Waals surface area contributed by atoms with E-state index in [0.717, 1.165) is 91.9 Å². The van der Waals surface area contributed by atoms with E-state index < -0.39 is 12.3 Å². The number of anilines is 2. The SMILES string of the molecule is Cn1c(=O)n(C2CCC(O)NC2=O)c2cccc(C#CCCN3CCN(c4cccc(-c5cnc6ccc(N7CCC[C@@H]7c7cccc(F)c7)nn56)n4)CC3)c21. The molecule has 1 amide bonds. The third-order valence-corrected chi connectivity index (χ3v) is 11.3. The normalized spacial score (nSPS) is 20.4. The third-order valence-electron chi connectivity index (χ3n) is 11.3. The molecule has 0 radical (unpaired) electrons. The van der Waals surface area contributed by atoms with Gasteiger partial charge in [-0.1, -0.05) is 36.1 Å². The second-order valence-electron chi connectivity index (χ2n) is 14.8. The molecule has 3 aliphatic rings. The number of hydrogen-bond acceptors (Lipinski definition) is 9. The highest BCUT2D eigenvalue weighted by atomic mass is 19.1. The Hall–Kier alpha value is -6.04. The molecule has 4 aromatic heterocycles. The predicted molar refractivity (Wildman–Crippen MR) is 212 cm³/mol. The van der Waals surface area contributed by atoms with Crippen molar-refractivity contribution in [1.29, 1.82) is 0 Å². The molecule has 13 nitrogen and oxygen atoms in total. The summed E-state index contributed by atoms with van der Waals surface area (Å²) < 4.78 is 19.0. The zero-order chi connectivity index (χ0) is 38.3. The van der Waals surface area contributed by atoms with E-state index in [1.807, 2.05) is 65.3 Å². The van der Waals surface area contributed by atoms with Crippen molar-refractivity contribution >= 4 is 34.2 Å². The minimum atomic E-state index is -0.885. The highest BCUT2D eigenvalue weighted by molar-refractivity contribution is 5.87. The van der Waals surface area contributed by atoms with Crippen LogP contribution >= 0.6 is 0 Å². The first kappa shape index (κ1) is 35.6. The van der Waals surface area contributed by atoms with Crippen LogP contribution in [0.25, 0.3) is 28.1 Å². The maximum atomic E-state index is 14.1. The Kier molecular flexibility index (Phi) is 9.48. The van der Waals surface area contributed by atoms with Crippen LogP contribution in [0.2, 0.25) is 0 Å². The number of piperidine rings is 1. The number of aliphatic hydroxyl groups excluding tert-OH is 1. The summed E-state index contributed by atoms with van der Waals surface area (Å²) in [5.74, 6) is 7.77. The predicted octanol–water partition coefficient (Wildman–Crippen LogP) is 4.26. The quantitative estimate of drug-likeness (QED) is 0.230. The number of carbonyl (C=O) groups is 1. The van der Waals surface area contributed by atoms with Crippen molar-refractivity contribution < 1.29 is 14.3 Å². The Morgan fingerprint density at radius 2 is 1.75 bits per heavy atom. The summed E-state index contributed by atoms with van der Waals surface area (Å²) in [5, 5.41) is 17.4. The number of aromatic nitrogens is 6. The van der Waals surface area contributed by atoms with E-state index in [9.17, 15) is 19.1 Å². The summed E-state index contributed by atoms with van der Waals surface area (Å²) in [5.41, 5.74) is 5.14. The highest BCUT2D eigenvalue weighted by Gasteiger charge is 2.32. The molecule has 3 saturated heterocycles. The number of amides is 1. The number of para-hydroxylation sites is 1. The van der Waals surface area contributed by atoms with Gasteiger partial charge in [-0.2, -0.15) is 0 Å². The molecular weight excluding hydrogens is 712 g/mol. The van der Waals surface area contributed by atoms with Gasteiger partial charge in [-0.25, -0.2) is 23.7 Å². The number of piperazine rings is 1. The van der Waals surface area contributed by atoms with E-state index in [0.29, 0.717) is 30.3 Å². The second-order valence-corrected chi connectivity index (χ2v) is 14.8. The Morgan fingerprint density at radius 3 is 2.59 bits per heavy atom. The Morgan fingerprint density at radius 1 is 0.911 bits per heavy atom. The molecule has 3 atom stereocenters. The molecule has 2 N–H and O–H groups in total. The summed E-state index contributed by atoms with van der Waals surface area (Å²) >= 11 is 0. The van der Waals surface area contributed by atoms with Crippen molar-refractivity contribution in [3.63, 3.8) is 0 Å². The lowest BCUT2D eigenvalue weighted by atomic mass is 10.0. The average Bonchev–Trinajstić information content (AvgIpc) is 3.94. The number of halogens is 1. The number of nitrogens with zero attached hydrogens (tertiary/aromatic N) is 9. The van der Waals surface area contributed by atoms with E-state index in [4.69, 9.17) is 10.1 Å². The van der Waals surface area contributed by atoms with E-state index in [1.165, 1.54) is 10.6 Å². The van der Waals surface area contributed by atoms with Gasteiger partial charge in [0.25, 0.3) is 0 Å².